The predicted octanol–water partition coefficient (Wildman–Crippen LogP) is 11.1. The van der Waals surface area contributed by atoms with Crippen LogP contribution in [0.3, 0.4) is 0 Å². The molecule has 0 aromatic heterocycles. The van der Waals surface area contributed by atoms with Gasteiger partial charge in [0.1, 0.15) is 0 Å². The van der Waals surface area contributed by atoms with Crippen LogP contribution in [0, 0.1) is 11.3 Å². The van der Waals surface area contributed by atoms with Gasteiger partial charge in [0.25, 0.3) is 0 Å². The Morgan fingerprint density at radius 3 is 0.853 bits per heavy atom. The molecule has 0 radical (unpaired) electrons. The van der Waals surface area contributed by atoms with Gasteiger partial charge in [0.05, 0.1) is 0 Å². The molecule has 0 aliphatic carbocycles. The molecule has 0 amide bonds. The van der Waals surface area contributed by atoms with Gasteiger partial charge in [-0.25, -0.2) is 0 Å². The Bertz CT molecular complexity index is 386. The maximum atomic E-state index is 7.91. The van der Waals surface area contributed by atoms with Gasteiger partial charge in [-0.05, 0) is 5.84 Å². The standard InChI is InChI=1S/C31H63N2.Au/c1-3-5-7-9-11-13-15-17-19-21-23-25-27-29-30(31(32)33)28-26-24-22-20-18-16-14-12-10-8-6-4-2;/h3-29H2,1-2H3,(H3,32,33);/q-1;+1. The topological polar surface area (TPSA) is 49.9 Å². The predicted molar refractivity (Wildman–Crippen MR) is 151 cm³/mol. The van der Waals surface area contributed by atoms with Crippen LogP contribution in [-0.2, 0) is 22.4 Å². The fraction of sp³-hybridized carbons (Fsp3) is 0.935. The van der Waals surface area contributed by atoms with Crippen LogP contribution in [0.5, 0.6) is 0 Å². The Morgan fingerprint density at radius 2 is 0.647 bits per heavy atom. The molecule has 34 heavy (non-hydrogen) atoms. The molecule has 3 N–H and O–H groups in total. The van der Waals surface area contributed by atoms with Crippen LogP contribution in [0.4, 0.5) is 0 Å². The summed E-state index contributed by atoms with van der Waals surface area (Å²) >= 11 is 0. The Balaban J connectivity index is 0. The molecular weight excluding hydrogens is 597 g/mol. The van der Waals surface area contributed by atoms with Crippen molar-refractivity contribution in [1.82, 2.24) is 0 Å². The van der Waals surface area contributed by atoms with Gasteiger partial charge in [0, 0.05) is 0 Å². The average Bonchev–Trinajstić information content (AvgIpc) is 2.81. The molecule has 0 aliphatic rings. The summed E-state index contributed by atoms with van der Waals surface area (Å²) in [5.41, 5.74) is 5.87. The minimum atomic E-state index is 0. The molecule has 3 heteroatoms. The smallest absolute Gasteiger partial charge is 0.412 e. The van der Waals surface area contributed by atoms with E-state index in [0.717, 1.165) is 12.8 Å². The van der Waals surface area contributed by atoms with Gasteiger partial charge in [0.15, 0.2) is 0 Å². The van der Waals surface area contributed by atoms with Crippen LogP contribution >= 0.6 is 0 Å². The molecule has 0 fully saturated rings. The fourth-order valence-electron chi connectivity index (χ4n) is 4.93. The van der Waals surface area contributed by atoms with Crippen LogP contribution in [0.1, 0.15) is 187 Å². The maximum Gasteiger partial charge on any atom is 1.00 e. The second-order valence-corrected chi connectivity index (χ2v) is 10.6. The van der Waals surface area contributed by atoms with Crippen LogP contribution in [0.2, 0.25) is 0 Å². The Labute approximate surface area is 231 Å². The molecule has 0 aromatic rings. The van der Waals surface area contributed by atoms with E-state index in [1.165, 1.54) is 166 Å². The third-order valence-corrected chi connectivity index (χ3v) is 7.30. The van der Waals surface area contributed by atoms with Crippen LogP contribution in [-0.4, -0.2) is 5.84 Å². The number of hydrogen-bond donors (Lipinski definition) is 2. The first kappa shape index (κ1) is 36.2. The van der Waals surface area contributed by atoms with Crippen molar-refractivity contribution in [1.29, 1.82) is 5.41 Å². The molecule has 2 nitrogen and oxygen atoms in total. The minimum absolute atomic E-state index is 0. The summed E-state index contributed by atoms with van der Waals surface area (Å²) in [4.78, 5) is 0. The molecule has 0 spiro atoms. The third kappa shape index (κ3) is 28.3. The molecule has 0 saturated carbocycles. The maximum absolute atomic E-state index is 7.91. The van der Waals surface area contributed by atoms with E-state index in [2.05, 4.69) is 13.8 Å². The first-order valence-electron chi connectivity index (χ1n) is 15.4. The first-order chi connectivity index (χ1) is 16.2. The van der Waals surface area contributed by atoms with E-state index in [1.807, 2.05) is 0 Å². The Kier molecular flexibility index (Phi) is 33.2. The zero-order valence-electron chi connectivity index (χ0n) is 23.5. The number of rotatable bonds is 28. The molecular formula is C31H63AuN2. The van der Waals surface area contributed by atoms with Gasteiger partial charge in [-0.3, -0.25) is 0 Å². The molecule has 0 bridgehead atoms. The molecule has 0 aliphatic heterocycles. The zero-order valence-corrected chi connectivity index (χ0v) is 25.6. The van der Waals surface area contributed by atoms with Gasteiger partial charge < -0.3 is 17.1 Å². The van der Waals surface area contributed by atoms with Gasteiger partial charge in [-0.2, -0.15) is 12.8 Å². The third-order valence-electron chi connectivity index (χ3n) is 7.30. The van der Waals surface area contributed by atoms with Crippen LogP contribution in [0.15, 0.2) is 0 Å². The number of hydrogen-bond acceptors (Lipinski definition) is 1. The van der Waals surface area contributed by atoms with E-state index in [9.17, 15) is 0 Å². The summed E-state index contributed by atoms with van der Waals surface area (Å²) in [7, 11) is 0. The molecule has 0 heterocycles. The Hall–Kier alpha value is 0.0803. The van der Waals surface area contributed by atoms with E-state index >= 15 is 0 Å². The van der Waals surface area contributed by atoms with Crippen molar-refractivity contribution in [3.8, 4) is 0 Å². The van der Waals surface area contributed by atoms with Gasteiger partial charge in [0.2, 0.25) is 0 Å². The van der Waals surface area contributed by atoms with E-state index in [0.29, 0.717) is 5.84 Å². The average molecular weight is 661 g/mol. The van der Waals surface area contributed by atoms with Crippen molar-refractivity contribution in [2.45, 2.75) is 187 Å². The second kappa shape index (κ2) is 31.1. The van der Waals surface area contributed by atoms with Gasteiger partial charge >= 0.3 is 22.4 Å². The summed E-state index contributed by atoms with van der Waals surface area (Å²) in [5.74, 6) is 1.59. The molecule has 0 unspecified atom stereocenters. The van der Waals surface area contributed by atoms with Crippen molar-refractivity contribution in [2.75, 3.05) is 0 Å². The van der Waals surface area contributed by atoms with E-state index in [1.54, 1.807) is 0 Å². The Morgan fingerprint density at radius 1 is 0.441 bits per heavy atom. The monoisotopic (exact) mass is 660 g/mol. The largest absolute Gasteiger partial charge is 1.00 e. The van der Waals surface area contributed by atoms with E-state index < -0.39 is 0 Å². The van der Waals surface area contributed by atoms with Crippen molar-refractivity contribution in [3.05, 3.63) is 5.92 Å². The summed E-state index contributed by atoms with van der Waals surface area (Å²) in [6.45, 7) is 4.58. The van der Waals surface area contributed by atoms with Crippen LogP contribution < -0.4 is 5.73 Å². The molecule has 0 rings (SSSR count). The van der Waals surface area contributed by atoms with Crippen molar-refractivity contribution in [2.24, 2.45) is 5.73 Å². The van der Waals surface area contributed by atoms with Crippen molar-refractivity contribution >= 4 is 5.84 Å². The summed E-state index contributed by atoms with van der Waals surface area (Å²) in [5, 5.41) is 7.91. The molecule has 208 valence electrons. The first-order valence-corrected chi connectivity index (χ1v) is 15.4. The number of amidine groups is 1. The second-order valence-electron chi connectivity index (χ2n) is 10.6. The van der Waals surface area contributed by atoms with Crippen molar-refractivity contribution in [3.63, 3.8) is 0 Å². The van der Waals surface area contributed by atoms with Crippen LogP contribution in [0.25, 0.3) is 0 Å². The molecule has 0 atom stereocenters. The normalized spacial score (nSPS) is 10.9. The SMILES string of the molecule is CCCCCCCCCCCCCCC[C-](CCCCCCCCCCCCCC)C(=N)N.[Au+]. The van der Waals surface area contributed by atoms with Crippen molar-refractivity contribution < 1.29 is 22.4 Å². The number of unbranched alkanes of at least 4 members (excludes halogenated alkanes) is 23. The zero-order chi connectivity index (χ0) is 24.2. The van der Waals surface area contributed by atoms with E-state index in [-0.39, 0.29) is 22.4 Å². The van der Waals surface area contributed by atoms with E-state index in [4.69, 9.17) is 11.1 Å². The summed E-state index contributed by atoms with van der Waals surface area (Å²) < 4.78 is 0. The number of nitrogens with one attached hydrogen (secondary N) is 1. The summed E-state index contributed by atoms with van der Waals surface area (Å²) in [6.07, 6.45) is 36.9. The van der Waals surface area contributed by atoms with Gasteiger partial charge in [-0.15, -0.1) is 0 Å². The summed E-state index contributed by atoms with van der Waals surface area (Å²) in [6, 6.07) is 0. The fourth-order valence-corrected chi connectivity index (χ4v) is 4.93. The number of nitrogens with two attached hydrogens (primary N) is 1. The quantitative estimate of drug-likeness (QED) is 0.0283. The minimum Gasteiger partial charge on any atom is -0.412 e. The van der Waals surface area contributed by atoms with Gasteiger partial charge in [-0.1, -0.05) is 174 Å². The molecule has 0 aromatic carbocycles. The molecule has 0 saturated heterocycles.